The van der Waals surface area contributed by atoms with Crippen LogP contribution in [0.4, 0.5) is 0 Å². The molecule has 4 aromatic rings. The number of allylic oxidation sites excluding steroid dienone is 1. The number of benzene rings is 2. The van der Waals surface area contributed by atoms with E-state index in [1.54, 1.807) is 0 Å². The molecule has 2 aromatic heterocycles. The van der Waals surface area contributed by atoms with E-state index in [4.69, 9.17) is 8.83 Å². The molecule has 0 saturated carbocycles. The second kappa shape index (κ2) is 3.79. The standard InChI is InChI=1S/C19H14O2/c1-11-18-14(12-6-2-4-8-16(12)20-18)10-15-13-7-3-5-9-17(13)21-19(11)15/h2,4-6,8-10H,3,7H2,1H3. The van der Waals surface area contributed by atoms with Crippen molar-refractivity contribution in [3.05, 3.63) is 53.3 Å². The van der Waals surface area contributed by atoms with Crippen molar-refractivity contribution in [1.82, 2.24) is 0 Å². The largest absolute Gasteiger partial charge is 0.456 e. The normalized spacial score (nSPS) is 14.3. The molecule has 2 heterocycles. The number of hydrogen-bond donors (Lipinski definition) is 0. The first-order chi connectivity index (χ1) is 10.3. The fourth-order valence-electron chi connectivity index (χ4n) is 3.47. The molecule has 2 aromatic carbocycles. The highest BCUT2D eigenvalue weighted by Crippen LogP contribution is 2.39. The van der Waals surface area contributed by atoms with Crippen molar-refractivity contribution >= 4 is 39.0 Å². The molecular weight excluding hydrogens is 260 g/mol. The summed E-state index contributed by atoms with van der Waals surface area (Å²) in [5.41, 5.74) is 5.29. The van der Waals surface area contributed by atoms with E-state index in [1.165, 1.54) is 21.7 Å². The summed E-state index contributed by atoms with van der Waals surface area (Å²) in [6.45, 7) is 2.09. The van der Waals surface area contributed by atoms with Gasteiger partial charge >= 0.3 is 0 Å². The van der Waals surface area contributed by atoms with Crippen molar-refractivity contribution in [3.8, 4) is 0 Å². The minimum atomic E-state index is 0.942. The third-order valence-electron chi connectivity index (χ3n) is 4.51. The predicted octanol–water partition coefficient (Wildman–Crippen LogP) is 5.60. The van der Waals surface area contributed by atoms with E-state index in [9.17, 15) is 0 Å². The highest BCUT2D eigenvalue weighted by Gasteiger charge is 2.20. The Morgan fingerprint density at radius 1 is 0.952 bits per heavy atom. The van der Waals surface area contributed by atoms with Gasteiger partial charge in [0.25, 0.3) is 0 Å². The van der Waals surface area contributed by atoms with Crippen LogP contribution in [0.15, 0.2) is 45.2 Å². The Hall–Kier alpha value is -2.48. The lowest BCUT2D eigenvalue weighted by atomic mass is 9.98. The van der Waals surface area contributed by atoms with Crippen molar-refractivity contribution in [2.45, 2.75) is 19.8 Å². The molecule has 0 unspecified atom stereocenters. The maximum absolute atomic E-state index is 6.08. The smallest absolute Gasteiger partial charge is 0.142 e. The lowest BCUT2D eigenvalue weighted by Gasteiger charge is -2.02. The number of para-hydroxylation sites is 1. The Bertz CT molecular complexity index is 1040. The molecule has 0 saturated heterocycles. The second-order valence-corrected chi connectivity index (χ2v) is 5.74. The monoisotopic (exact) mass is 274 g/mol. The van der Waals surface area contributed by atoms with Gasteiger partial charge in [0.15, 0.2) is 0 Å². The quantitative estimate of drug-likeness (QED) is 0.417. The third kappa shape index (κ3) is 1.37. The molecule has 0 radical (unpaired) electrons. The number of rotatable bonds is 0. The Morgan fingerprint density at radius 2 is 1.81 bits per heavy atom. The average Bonchev–Trinajstić information content (AvgIpc) is 3.07. The summed E-state index contributed by atoms with van der Waals surface area (Å²) in [6, 6.07) is 10.5. The Morgan fingerprint density at radius 3 is 2.76 bits per heavy atom. The van der Waals surface area contributed by atoms with Gasteiger partial charge < -0.3 is 8.83 Å². The zero-order valence-corrected chi connectivity index (χ0v) is 11.8. The summed E-state index contributed by atoms with van der Waals surface area (Å²) >= 11 is 0. The summed E-state index contributed by atoms with van der Waals surface area (Å²) in [4.78, 5) is 0. The third-order valence-corrected chi connectivity index (χ3v) is 4.51. The van der Waals surface area contributed by atoms with Crippen LogP contribution in [0.1, 0.15) is 23.3 Å². The summed E-state index contributed by atoms with van der Waals surface area (Å²) in [5, 5.41) is 3.61. The van der Waals surface area contributed by atoms with Crippen LogP contribution in [0, 0.1) is 6.92 Å². The van der Waals surface area contributed by atoms with Gasteiger partial charge in [0.2, 0.25) is 0 Å². The van der Waals surface area contributed by atoms with Crippen LogP contribution in [-0.4, -0.2) is 0 Å². The molecular formula is C19H14O2. The van der Waals surface area contributed by atoms with Crippen LogP contribution < -0.4 is 0 Å². The first-order valence-corrected chi connectivity index (χ1v) is 7.36. The van der Waals surface area contributed by atoms with Crippen molar-refractivity contribution in [1.29, 1.82) is 0 Å². The van der Waals surface area contributed by atoms with Crippen LogP contribution in [0.5, 0.6) is 0 Å². The van der Waals surface area contributed by atoms with Gasteiger partial charge in [-0.25, -0.2) is 0 Å². The number of fused-ring (bicyclic) bond motifs is 6. The van der Waals surface area contributed by atoms with Crippen molar-refractivity contribution in [2.75, 3.05) is 0 Å². The van der Waals surface area contributed by atoms with E-state index >= 15 is 0 Å². The SMILES string of the molecule is Cc1c2oc3c(c2cc2c1oc1ccccc12)CCC=C3. The molecule has 5 rings (SSSR count). The lowest BCUT2D eigenvalue weighted by Crippen LogP contribution is -1.89. The van der Waals surface area contributed by atoms with Crippen LogP contribution in [0.3, 0.4) is 0 Å². The molecule has 0 bridgehead atoms. The zero-order valence-electron chi connectivity index (χ0n) is 11.8. The average molecular weight is 274 g/mol. The zero-order chi connectivity index (χ0) is 14.0. The van der Waals surface area contributed by atoms with E-state index in [0.29, 0.717) is 0 Å². The Balaban J connectivity index is 2.02. The molecule has 0 amide bonds. The maximum atomic E-state index is 6.08. The molecule has 2 nitrogen and oxygen atoms in total. The summed E-state index contributed by atoms with van der Waals surface area (Å²) in [5.74, 6) is 1.01. The van der Waals surface area contributed by atoms with Crippen molar-refractivity contribution in [3.63, 3.8) is 0 Å². The lowest BCUT2D eigenvalue weighted by molar-refractivity contribution is 0.591. The topological polar surface area (TPSA) is 26.3 Å². The van der Waals surface area contributed by atoms with Gasteiger partial charge in [-0.1, -0.05) is 24.3 Å². The molecule has 21 heavy (non-hydrogen) atoms. The van der Waals surface area contributed by atoms with Crippen LogP contribution in [0.25, 0.3) is 39.0 Å². The Kier molecular flexibility index (Phi) is 2.02. The molecule has 0 aliphatic heterocycles. The maximum Gasteiger partial charge on any atom is 0.142 e. The molecule has 102 valence electrons. The van der Waals surface area contributed by atoms with Gasteiger partial charge in [0, 0.05) is 27.3 Å². The van der Waals surface area contributed by atoms with Crippen LogP contribution in [-0.2, 0) is 6.42 Å². The number of furan rings is 2. The van der Waals surface area contributed by atoms with Gasteiger partial charge in [0.1, 0.15) is 22.5 Å². The minimum Gasteiger partial charge on any atom is -0.456 e. The summed E-state index contributed by atoms with van der Waals surface area (Å²) in [7, 11) is 0. The van der Waals surface area contributed by atoms with E-state index < -0.39 is 0 Å². The predicted molar refractivity (Wildman–Crippen MR) is 85.6 cm³/mol. The molecule has 1 aliphatic carbocycles. The molecule has 0 N–H and O–H groups in total. The molecule has 2 heteroatoms. The summed E-state index contributed by atoms with van der Waals surface area (Å²) < 4.78 is 12.1. The van der Waals surface area contributed by atoms with Gasteiger partial charge in [-0.2, -0.15) is 0 Å². The van der Waals surface area contributed by atoms with E-state index in [1.807, 2.05) is 12.1 Å². The van der Waals surface area contributed by atoms with Crippen molar-refractivity contribution in [2.24, 2.45) is 0 Å². The van der Waals surface area contributed by atoms with Gasteiger partial charge in [0.05, 0.1) is 0 Å². The summed E-state index contributed by atoms with van der Waals surface area (Å²) in [6.07, 6.45) is 6.42. The minimum absolute atomic E-state index is 0.942. The van der Waals surface area contributed by atoms with E-state index in [2.05, 4.69) is 37.3 Å². The van der Waals surface area contributed by atoms with Crippen LogP contribution in [0.2, 0.25) is 0 Å². The van der Waals surface area contributed by atoms with Crippen molar-refractivity contribution < 1.29 is 8.83 Å². The van der Waals surface area contributed by atoms with Gasteiger partial charge in [-0.05, 0) is 38.0 Å². The second-order valence-electron chi connectivity index (χ2n) is 5.74. The highest BCUT2D eigenvalue weighted by atomic mass is 16.3. The van der Waals surface area contributed by atoms with Gasteiger partial charge in [-0.15, -0.1) is 0 Å². The fourth-order valence-corrected chi connectivity index (χ4v) is 3.47. The van der Waals surface area contributed by atoms with Crippen LogP contribution >= 0.6 is 0 Å². The first-order valence-electron chi connectivity index (χ1n) is 7.36. The molecule has 0 atom stereocenters. The van der Waals surface area contributed by atoms with E-state index in [-0.39, 0.29) is 0 Å². The molecule has 0 fully saturated rings. The van der Waals surface area contributed by atoms with E-state index in [0.717, 1.165) is 40.9 Å². The number of hydrogen-bond acceptors (Lipinski definition) is 2. The van der Waals surface area contributed by atoms with Gasteiger partial charge in [-0.3, -0.25) is 0 Å². The number of aryl methyl sites for hydroxylation is 2. The highest BCUT2D eigenvalue weighted by molar-refractivity contribution is 6.11. The fraction of sp³-hybridized carbons (Fsp3) is 0.158. The first kappa shape index (κ1) is 11.2. The molecule has 1 aliphatic rings. The molecule has 0 spiro atoms. The Labute approximate surface area is 121 Å².